The van der Waals surface area contributed by atoms with Crippen LogP contribution in [-0.4, -0.2) is 34.8 Å². The first-order chi connectivity index (χ1) is 17.8. The molecule has 3 aromatic rings. The van der Waals surface area contributed by atoms with Crippen molar-refractivity contribution in [3.63, 3.8) is 0 Å². The van der Waals surface area contributed by atoms with Crippen LogP contribution < -0.4 is 16.1 Å². The normalized spacial score (nSPS) is 15.8. The third-order valence-electron chi connectivity index (χ3n) is 6.00. The van der Waals surface area contributed by atoms with Gasteiger partial charge in [0, 0.05) is 12.3 Å². The molecule has 4 N–H and O–H groups in total. The van der Waals surface area contributed by atoms with Crippen LogP contribution >= 0.6 is 0 Å². The van der Waals surface area contributed by atoms with E-state index in [4.69, 9.17) is 10.5 Å². The molecule has 0 aliphatic carbocycles. The van der Waals surface area contributed by atoms with Crippen molar-refractivity contribution in [1.82, 2.24) is 5.43 Å². The molecule has 37 heavy (non-hydrogen) atoms. The van der Waals surface area contributed by atoms with Crippen LogP contribution in [0.1, 0.15) is 30.0 Å². The van der Waals surface area contributed by atoms with Gasteiger partial charge in [-0.05, 0) is 47.4 Å². The molecule has 3 amide bonds. The summed E-state index contributed by atoms with van der Waals surface area (Å²) in [4.78, 5) is 39.1. The molecule has 1 aliphatic rings. The number of hydrogen-bond acceptors (Lipinski definition) is 7. The van der Waals surface area contributed by atoms with E-state index in [1.165, 1.54) is 12.1 Å². The van der Waals surface area contributed by atoms with Gasteiger partial charge >= 0.3 is 6.09 Å². The Morgan fingerprint density at radius 3 is 2.38 bits per heavy atom. The fraction of sp³-hybridized carbons (Fsp3) is 0.214. The van der Waals surface area contributed by atoms with Crippen LogP contribution in [0.4, 0.5) is 10.5 Å². The molecule has 4 rings (SSSR count). The minimum absolute atomic E-state index is 0.0112. The third-order valence-corrected chi connectivity index (χ3v) is 6.00. The molecule has 1 aliphatic heterocycles. The maximum atomic E-state index is 13.4. The van der Waals surface area contributed by atoms with Crippen LogP contribution in [0.25, 0.3) is 0 Å². The number of rotatable bonds is 7. The zero-order chi connectivity index (χ0) is 26.4. The van der Waals surface area contributed by atoms with Crippen molar-refractivity contribution in [2.24, 2.45) is 16.8 Å². The summed E-state index contributed by atoms with van der Waals surface area (Å²) in [6.45, 7) is 1.90. The van der Waals surface area contributed by atoms with E-state index >= 15 is 0 Å². The van der Waals surface area contributed by atoms with Gasteiger partial charge in [0.15, 0.2) is 0 Å². The highest BCUT2D eigenvalue weighted by molar-refractivity contribution is 6.14. The highest BCUT2D eigenvalue weighted by atomic mass is 16.6. The lowest BCUT2D eigenvalue weighted by atomic mass is 9.94. The number of nitrogens with two attached hydrogens (primary N) is 1. The van der Waals surface area contributed by atoms with Gasteiger partial charge in [-0.25, -0.2) is 15.1 Å². The van der Waals surface area contributed by atoms with E-state index in [2.05, 4.69) is 10.5 Å². The lowest BCUT2D eigenvalue weighted by molar-refractivity contribution is -0.122. The number of carbonyl (C=O) groups excluding carboxylic acids is 3. The van der Waals surface area contributed by atoms with Gasteiger partial charge in [0.1, 0.15) is 12.4 Å². The maximum absolute atomic E-state index is 13.4. The van der Waals surface area contributed by atoms with E-state index in [9.17, 15) is 19.5 Å². The summed E-state index contributed by atoms with van der Waals surface area (Å²) >= 11 is 0. The Morgan fingerprint density at radius 1 is 1.05 bits per heavy atom. The van der Waals surface area contributed by atoms with Gasteiger partial charge in [0.05, 0.1) is 17.4 Å². The number of anilines is 1. The van der Waals surface area contributed by atoms with E-state index in [0.29, 0.717) is 17.8 Å². The van der Waals surface area contributed by atoms with Crippen molar-refractivity contribution < 1.29 is 24.2 Å². The average molecular weight is 501 g/mol. The van der Waals surface area contributed by atoms with Gasteiger partial charge in [0.2, 0.25) is 5.91 Å². The van der Waals surface area contributed by atoms with E-state index in [1.807, 2.05) is 37.3 Å². The number of phenols is 1. The lowest BCUT2D eigenvalue weighted by Crippen LogP contribution is -2.48. The SMILES string of the molecule is CC1CC(=O)NN=C1c1ccc(N(C(=O)OCc2ccccc2)C(=O)[C@@H](N)Cc2ccc(O)cc2)cc1. The van der Waals surface area contributed by atoms with Gasteiger partial charge < -0.3 is 15.6 Å². The largest absolute Gasteiger partial charge is 0.508 e. The van der Waals surface area contributed by atoms with Crippen molar-refractivity contribution in [3.8, 4) is 5.75 Å². The fourth-order valence-electron chi connectivity index (χ4n) is 4.03. The Bertz CT molecular complexity index is 1290. The van der Waals surface area contributed by atoms with E-state index < -0.39 is 18.0 Å². The standard InChI is InChI=1S/C28H28N4O5/c1-18-15-25(34)30-31-26(18)21-9-11-22(12-10-21)32(28(36)37-17-20-5-3-2-4-6-20)27(35)24(29)16-19-7-13-23(33)14-8-19/h2-14,18,24,33H,15-17,29H2,1H3,(H,30,34)/t18?,24-/m0/s1. The highest BCUT2D eigenvalue weighted by Crippen LogP contribution is 2.23. The minimum atomic E-state index is -1.04. The average Bonchev–Trinajstić information content (AvgIpc) is 2.90. The Morgan fingerprint density at radius 2 is 1.73 bits per heavy atom. The third kappa shape index (κ3) is 6.39. The number of imide groups is 1. The number of nitrogens with one attached hydrogen (secondary N) is 1. The summed E-state index contributed by atoms with van der Waals surface area (Å²) in [7, 11) is 0. The highest BCUT2D eigenvalue weighted by Gasteiger charge is 2.30. The van der Waals surface area contributed by atoms with Gasteiger partial charge in [-0.3, -0.25) is 9.59 Å². The van der Waals surface area contributed by atoms with E-state index in [1.54, 1.807) is 36.4 Å². The summed E-state index contributed by atoms with van der Waals surface area (Å²) in [5.74, 6) is -0.749. The minimum Gasteiger partial charge on any atom is -0.508 e. The van der Waals surface area contributed by atoms with Crippen molar-refractivity contribution in [3.05, 3.63) is 95.6 Å². The summed E-state index contributed by atoms with van der Waals surface area (Å²) < 4.78 is 5.46. The Kier molecular flexibility index (Phi) is 7.95. The summed E-state index contributed by atoms with van der Waals surface area (Å²) in [5, 5.41) is 13.7. The quantitative estimate of drug-likeness (QED) is 0.455. The van der Waals surface area contributed by atoms with Gasteiger partial charge in [-0.2, -0.15) is 5.10 Å². The molecule has 0 fully saturated rings. The van der Waals surface area contributed by atoms with Gasteiger partial charge in [-0.15, -0.1) is 0 Å². The molecule has 9 nitrogen and oxygen atoms in total. The summed E-state index contributed by atoms with van der Waals surface area (Å²) in [5.41, 5.74) is 12.0. The second-order valence-corrected chi connectivity index (χ2v) is 8.87. The molecular weight excluding hydrogens is 472 g/mol. The molecule has 1 unspecified atom stereocenters. The first-order valence-electron chi connectivity index (χ1n) is 11.9. The number of aromatic hydroxyl groups is 1. The molecular formula is C28H28N4O5. The van der Waals surface area contributed by atoms with Crippen LogP contribution in [0.3, 0.4) is 0 Å². The zero-order valence-corrected chi connectivity index (χ0v) is 20.3. The fourth-order valence-corrected chi connectivity index (χ4v) is 4.03. The monoisotopic (exact) mass is 500 g/mol. The topological polar surface area (TPSA) is 134 Å². The number of benzene rings is 3. The van der Waals surface area contributed by atoms with Crippen molar-refractivity contribution in [2.45, 2.75) is 32.4 Å². The number of nitrogens with zero attached hydrogens (tertiary/aromatic N) is 2. The Balaban J connectivity index is 1.57. The number of phenolic OH excluding ortho intramolecular Hbond substituents is 1. The Labute approximate surface area is 214 Å². The molecule has 0 spiro atoms. The smallest absolute Gasteiger partial charge is 0.421 e. The lowest BCUT2D eigenvalue weighted by Gasteiger charge is -2.24. The van der Waals surface area contributed by atoms with Crippen molar-refractivity contribution in [1.29, 1.82) is 0 Å². The second kappa shape index (κ2) is 11.5. The number of carbonyl (C=O) groups is 3. The maximum Gasteiger partial charge on any atom is 0.421 e. The van der Waals surface area contributed by atoms with Crippen molar-refractivity contribution >= 4 is 29.3 Å². The van der Waals surface area contributed by atoms with Crippen LogP contribution in [0.5, 0.6) is 5.75 Å². The number of hydrogen-bond donors (Lipinski definition) is 3. The van der Waals surface area contributed by atoms with Gasteiger partial charge in [0.25, 0.3) is 5.91 Å². The van der Waals surface area contributed by atoms with Crippen LogP contribution in [0, 0.1) is 5.92 Å². The van der Waals surface area contributed by atoms with Crippen LogP contribution in [-0.2, 0) is 27.4 Å². The summed E-state index contributed by atoms with van der Waals surface area (Å²) in [6.07, 6.45) is -0.366. The zero-order valence-electron chi connectivity index (χ0n) is 20.3. The molecule has 0 saturated heterocycles. The number of ether oxygens (including phenoxy) is 1. The molecule has 0 aromatic heterocycles. The van der Waals surface area contributed by atoms with Crippen LogP contribution in [0.2, 0.25) is 0 Å². The van der Waals surface area contributed by atoms with E-state index in [-0.39, 0.29) is 30.6 Å². The van der Waals surface area contributed by atoms with E-state index in [0.717, 1.165) is 21.6 Å². The molecule has 9 heteroatoms. The Hall–Kier alpha value is -4.50. The first kappa shape index (κ1) is 25.6. The predicted octanol–water partition coefficient (Wildman–Crippen LogP) is 3.49. The van der Waals surface area contributed by atoms with Crippen molar-refractivity contribution in [2.75, 3.05) is 4.90 Å². The molecule has 0 saturated carbocycles. The molecule has 2 atom stereocenters. The molecule has 0 bridgehead atoms. The van der Waals surface area contributed by atoms with Gasteiger partial charge in [-0.1, -0.05) is 61.5 Å². The predicted molar refractivity (Wildman–Crippen MR) is 139 cm³/mol. The number of amides is 3. The second-order valence-electron chi connectivity index (χ2n) is 8.87. The molecule has 3 aromatic carbocycles. The molecule has 190 valence electrons. The first-order valence-corrected chi connectivity index (χ1v) is 11.9. The molecule has 0 radical (unpaired) electrons. The molecule has 1 heterocycles. The summed E-state index contributed by atoms with van der Waals surface area (Å²) in [6, 6.07) is 21.2. The van der Waals surface area contributed by atoms with Crippen LogP contribution in [0.15, 0.2) is 84.0 Å². The number of hydrazone groups is 1.